The molecule has 0 bridgehead atoms. The van der Waals surface area contributed by atoms with E-state index in [1.807, 2.05) is 6.07 Å². The average Bonchev–Trinajstić information content (AvgIpc) is 2.84. The van der Waals surface area contributed by atoms with Crippen molar-refractivity contribution in [3.05, 3.63) is 53.7 Å². The van der Waals surface area contributed by atoms with Crippen LogP contribution in [-0.4, -0.2) is 16.1 Å². The number of benzene rings is 1. The number of thiophene rings is 1. The molecule has 0 atom stereocenters. The first-order valence-electron chi connectivity index (χ1n) is 5.84. The molecule has 94 valence electrons. The van der Waals surface area contributed by atoms with Gasteiger partial charge in [-0.05, 0) is 42.1 Å². The van der Waals surface area contributed by atoms with Crippen molar-refractivity contribution in [3.63, 3.8) is 0 Å². The molecule has 0 spiro atoms. The highest BCUT2D eigenvalue weighted by Gasteiger charge is 2.08. The predicted octanol–water partition coefficient (Wildman–Crippen LogP) is 3.97. The molecular formula is C15H11NO2S. The highest BCUT2D eigenvalue weighted by molar-refractivity contribution is 7.22. The van der Waals surface area contributed by atoms with E-state index in [0.717, 1.165) is 10.6 Å². The van der Waals surface area contributed by atoms with Crippen LogP contribution in [0.2, 0.25) is 0 Å². The molecule has 0 amide bonds. The highest BCUT2D eigenvalue weighted by Crippen LogP contribution is 2.33. The van der Waals surface area contributed by atoms with Gasteiger partial charge in [-0.25, -0.2) is 4.79 Å². The van der Waals surface area contributed by atoms with Gasteiger partial charge in [-0.1, -0.05) is 12.1 Å². The number of fused-ring (bicyclic) bond motifs is 1. The molecule has 3 aromatic rings. The number of aromatic carboxylic acids is 1. The van der Waals surface area contributed by atoms with Gasteiger partial charge in [-0.3, -0.25) is 4.98 Å². The van der Waals surface area contributed by atoms with E-state index >= 15 is 0 Å². The summed E-state index contributed by atoms with van der Waals surface area (Å²) in [7, 11) is 0. The molecule has 0 saturated heterocycles. The summed E-state index contributed by atoms with van der Waals surface area (Å²) in [4.78, 5) is 16.1. The lowest BCUT2D eigenvalue weighted by Gasteiger charge is -1.97. The van der Waals surface area contributed by atoms with Crippen LogP contribution in [-0.2, 0) is 0 Å². The van der Waals surface area contributed by atoms with Crippen molar-refractivity contribution < 1.29 is 9.90 Å². The molecule has 0 aliphatic carbocycles. The quantitative estimate of drug-likeness (QED) is 0.765. The average molecular weight is 269 g/mol. The topological polar surface area (TPSA) is 50.2 Å². The van der Waals surface area contributed by atoms with Crippen molar-refractivity contribution >= 4 is 27.4 Å². The van der Waals surface area contributed by atoms with E-state index in [4.69, 9.17) is 5.11 Å². The van der Waals surface area contributed by atoms with Crippen LogP contribution in [0.4, 0.5) is 0 Å². The maximum Gasteiger partial charge on any atom is 0.337 e. The maximum atomic E-state index is 10.8. The standard InChI is InChI=1S/C15H11NO2S/c1-9-3-2-4-13-11(9)7-14(19-13)12-6-5-10(8-16-12)15(17)18/h2-8H,1H3,(H,17,18). The van der Waals surface area contributed by atoms with Gasteiger partial charge in [0.1, 0.15) is 0 Å². The number of carbonyl (C=O) groups is 1. The molecule has 0 unspecified atom stereocenters. The van der Waals surface area contributed by atoms with Crippen molar-refractivity contribution in [2.75, 3.05) is 0 Å². The van der Waals surface area contributed by atoms with Crippen LogP contribution in [0.1, 0.15) is 15.9 Å². The summed E-state index contributed by atoms with van der Waals surface area (Å²) in [6.07, 6.45) is 1.40. The van der Waals surface area contributed by atoms with Crippen molar-refractivity contribution in [3.8, 4) is 10.6 Å². The molecule has 0 aliphatic rings. The van der Waals surface area contributed by atoms with Crippen LogP contribution in [0.25, 0.3) is 20.7 Å². The van der Waals surface area contributed by atoms with Crippen LogP contribution < -0.4 is 0 Å². The highest BCUT2D eigenvalue weighted by atomic mass is 32.1. The number of rotatable bonds is 2. The lowest BCUT2D eigenvalue weighted by molar-refractivity contribution is 0.0696. The van der Waals surface area contributed by atoms with Crippen LogP contribution in [0.15, 0.2) is 42.6 Å². The van der Waals surface area contributed by atoms with Gasteiger partial charge in [0.15, 0.2) is 0 Å². The second kappa shape index (κ2) is 4.48. The number of pyridine rings is 1. The van der Waals surface area contributed by atoms with E-state index in [-0.39, 0.29) is 5.56 Å². The summed E-state index contributed by atoms with van der Waals surface area (Å²) in [6, 6.07) is 11.7. The third-order valence-corrected chi connectivity index (χ3v) is 4.17. The zero-order valence-corrected chi connectivity index (χ0v) is 11.1. The molecule has 0 radical (unpaired) electrons. The van der Waals surface area contributed by atoms with E-state index < -0.39 is 5.97 Å². The lowest BCUT2D eigenvalue weighted by atomic mass is 10.1. The molecule has 0 saturated carbocycles. The normalized spacial score (nSPS) is 10.8. The van der Waals surface area contributed by atoms with Gasteiger partial charge < -0.3 is 5.11 Å². The van der Waals surface area contributed by atoms with Gasteiger partial charge >= 0.3 is 5.97 Å². The summed E-state index contributed by atoms with van der Waals surface area (Å²) in [5.74, 6) is -0.953. The maximum absolute atomic E-state index is 10.8. The number of hydrogen-bond acceptors (Lipinski definition) is 3. The molecule has 1 aromatic carbocycles. The number of hydrogen-bond donors (Lipinski definition) is 1. The molecule has 2 heterocycles. The summed E-state index contributed by atoms with van der Waals surface area (Å²) in [6.45, 7) is 2.08. The summed E-state index contributed by atoms with van der Waals surface area (Å²) in [5.41, 5.74) is 2.26. The SMILES string of the molecule is Cc1cccc2sc(-c3ccc(C(=O)O)cn3)cc12. The Morgan fingerprint density at radius 2 is 2.11 bits per heavy atom. The van der Waals surface area contributed by atoms with Crippen LogP contribution in [0.3, 0.4) is 0 Å². The van der Waals surface area contributed by atoms with Gasteiger partial charge in [-0.2, -0.15) is 0 Å². The molecule has 0 fully saturated rings. The zero-order chi connectivity index (χ0) is 13.4. The van der Waals surface area contributed by atoms with Crippen molar-refractivity contribution in [1.29, 1.82) is 0 Å². The lowest BCUT2D eigenvalue weighted by Crippen LogP contribution is -1.96. The molecule has 2 aromatic heterocycles. The van der Waals surface area contributed by atoms with Crippen LogP contribution in [0, 0.1) is 6.92 Å². The summed E-state index contributed by atoms with van der Waals surface area (Å²) in [5, 5.41) is 10.1. The Kier molecular flexibility index (Phi) is 2.80. The Balaban J connectivity index is 2.09. The van der Waals surface area contributed by atoms with Gasteiger partial charge in [-0.15, -0.1) is 11.3 Å². The van der Waals surface area contributed by atoms with Crippen molar-refractivity contribution in [1.82, 2.24) is 4.98 Å². The molecule has 3 nitrogen and oxygen atoms in total. The first-order chi connectivity index (χ1) is 9.15. The second-order valence-corrected chi connectivity index (χ2v) is 5.42. The molecule has 0 aliphatic heterocycles. The van der Waals surface area contributed by atoms with Gasteiger partial charge in [0.05, 0.1) is 16.1 Å². The molecule has 1 N–H and O–H groups in total. The Morgan fingerprint density at radius 3 is 2.74 bits per heavy atom. The minimum atomic E-state index is -0.953. The third-order valence-electron chi connectivity index (χ3n) is 3.04. The van der Waals surface area contributed by atoms with Gasteiger partial charge in [0, 0.05) is 10.9 Å². The summed E-state index contributed by atoms with van der Waals surface area (Å²) < 4.78 is 1.22. The number of nitrogens with zero attached hydrogens (tertiary/aromatic N) is 1. The van der Waals surface area contributed by atoms with E-state index in [9.17, 15) is 4.79 Å². The first kappa shape index (κ1) is 11.9. The second-order valence-electron chi connectivity index (χ2n) is 4.33. The van der Waals surface area contributed by atoms with Crippen LogP contribution in [0.5, 0.6) is 0 Å². The fourth-order valence-electron chi connectivity index (χ4n) is 2.00. The Labute approximate surface area is 114 Å². The largest absolute Gasteiger partial charge is 0.478 e. The number of aryl methyl sites for hydroxylation is 1. The first-order valence-corrected chi connectivity index (χ1v) is 6.66. The minimum absolute atomic E-state index is 0.209. The fourth-order valence-corrected chi connectivity index (χ4v) is 3.11. The molecule has 19 heavy (non-hydrogen) atoms. The van der Waals surface area contributed by atoms with E-state index in [2.05, 4.69) is 30.1 Å². The predicted molar refractivity (Wildman–Crippen MR) is 76.8 cm³/mol. The third kappa shape index (κ3) is 2.11. The molecular weight excluding hydrogens is 258 g/mol. The molecule has 3 rings (SSSR count). The Bertz CT molecular complexity index is 759. The number of carboxylic acid groups (broad SMARTS) is 1. The number of carboxylic acids is 1. The summed E-state index contributed by atoms with van der Waals surface area (Å²) >= 11 is 1.67. The number of aromatic nitrogens is 1. The smallest absolute Gasteiger partial charge is 0.337 e. The zero-order valence-electron chi connectivity index (χ0n) is 10.3. The van der Waals surface area contributed by atoms with Crippen molar-refractivity contribution in [2.45, 2.75) is 6.92 Å². The van der Waals surface area contributed by atoms with Crippen LogP contribution >= 0.6 is 11.3 Å². The fraction of sp³-hybridized carbons (Fsp3) is 0.0667. The molecule has 4 heteroatoms. The Morgan fingerprint density at radius 1 is 1.26 bits per heavy atom. The van der Waals surface area contributed by atoms with E-state index in [1.54, 1.807) is 23.5 Å². The Hall–Kier alpha value is -2.20. The minimum Gasteiger partial charge on any atom is -0.478 e. The van der Waals surface area contributed by atoms with Gasteiger partial charge in [0.25, 0.3) is 0 Å². The van der Waals surface area contributed by atoms with E-state index in [1.165, 1.54) is 21.8 Å². The van der Waals surface area contributed by atoms with E-state index in [0.29, 0.717) is 0 Å². The monoisotopic (exact) mass is 269 g/mol. The van der Waals surface area contributed by atoms with Gasteiger partial charge in [0.2, 0.25) is 0 Å². The van der Waals surface area contributed by atoms with Crippen molar-refractivity contribution in [2.24, 2.45) is 0 Å².